The van der Waals surface area contributed by atoms with Crippen LogP contribution in [0.1, 0.15) is 42.8 Å². The summed E-state index contributed by atoms with van der Waals surface area (Å²) in [5.41, 5.74) is 0. The van der Waals surface area contributed by atoms with Crippen molar-refractivity contribution >= 4 is 11.8 Å². The molecule has 5 nitrogen and oxygen atoms in total. The van der Waals surface area contributed by atoms with Gasteiger partial charge in [0.25, 0.3) is 0 Å². The highest BCUT2D eigenvalue weighted by Gasteiger charge is 2.27. The summed E-state index contributed by atoms with van der Waals surface area (Å²) in [5, 5.41) is 4.98. The zero-order valence-corrected chi connectivity index (χ0v) is 10.6. The molecule has 0 aromatic carbocycles. The van der Waals surface area contributed by atoms with Crippen molar-refractivity contribution in [3.05, 3.63) is 24.1 Å². The summed E-state index contributed by atoms with van der Waals surface area (Å²) < 4.78 is 7.41. The predicted molar refractivity (Wildman–Crippen MR) is 63.8 cm³/mol. The van der Waals surface area contributed by atoms with Gasteiger partial charge in [0.05, 0.1) is 5.25 Å². The van der Waals surface area contributed by atoms with Crippen LogP contribution in [0.2, 0.25) is 0 Å². The van der Waals surface area contributed by atoms with Crippen molar-refractivity contribution in [2.24, 2.45) is 0 Å². The van der Waals surface area contributed by atoms with Crippen LogP contribution in [0.15, 0.2) is 22.1 Å². The van der Waals surface area contributed by atoms with Crippen LogP contribution < -0.4 is 0 Å². The molecule has 1 atom stereocenters. The fourth-order valence-electron chi connectivity index (χ4n) is 1.71. The molecule has 2 aromatic heterocycles. The monoisotopic (exact) mass is 250 g/mol. The molecule has 0 unspecified atom stereocenters. The van der Waals surface area contributed by atoms with Crippen molar-refractivity contribution < 1.29 is 4.52 Å². The van der Waals surface area contributed by atoms with Gasteiger partial charge in [0, 0.05) is 18.4 Å². The minimum absolute atomic E-state index is 0.135. The van der Waals surface area contributed by atoms with E-state index in [0.29, 0.717) is 17.8 Å². The van der Waals surface area contributed by atoms with Crippen LogP contribution in [-0.4, -0.2) is 19.7 Å². The van der Waals surface area contributed by atoms with E-state index in [9.17, 15) is 0 Å². The average Bonchev–Trinajstić information content (AvgIpc) is 2.89. The molecular formula is C11H14N4OS. The zero-order valence-electron chi connectivity index (χ0n) is 9.83. The zero-order chi connectivity index (χ0) is 11.8. The molecule has 2 aromatic rings. The number of hydrogen-bond donors (Lipinski definition) is 0. The predicted octanol–water partition coefficient (Wildman–Crippen LogP) is 2.76. The minimum atomic E-state index is 0.135. The minimum Gasteiger partial charge on any atom is -0.338 e. The topological polar surface area (TPSA) is 56.7 Å². The first kappa shape index (κ1) is 10.8. The maximum atomic E-state index is 5.17. The lowest BCUT2D eigenvalue weighted by molar-refractivity contribution is 0.376. The number of thioether (sulfide) groups is 1. The van der Waals surface area contributed by atoms with Gasteiger partial charge in [-0.1, -0.05) is 16.9 Å². The highest BCUT2D eigenvalue weighted by Crippen LogP contribution is 2.40. The Hall–Kier alpha value is -1.30. The highest BCUT2D eigenvalue weighted by atomic mass is 32.2. The van der Waals surface area contributed by atoms with Gasteiger partial charge in [-0.3, -0.25) is 0 Å². The van der Waals surface area contributed by atoms with Gasteiger partial charge in [-0.2, -0.15) is 4.98 Å². The van der Waals surface area contributed by atoms with E-state index in [4.69, 9.17) is 4.52 Å². The average molecular weight is 250 g/mol. The van der Waals surface area contributed by atoms with E-state index in [-0.39, 0.29) is 5.25 Å². The molecule has 1 saturated carbocycles. The molecular weight excluding hydrogens is 236 g/mol. The number of rotatable bonds is 4. The second-order valence-electron chi connectivity index (χ2n) is 4.29. The van der Waals surface area contributed by atoms with Crippen molar-refractivity contribution in [1.82, 2.24) is 19.7 Å². The Morgan fingerprint density at radius 1 is 1.53 bits per heavy atom. The van der Waals surface area contributed by atoms with Crippen LogP contribution in [0.25, 0.3) is 0 Å². The van der Waals surface area contributed by atoms with Crippen LogP contribution in [-0.2, 0) is 0 Å². The lowest BCUT2D eigenvalue weighted by atomic mass is 10.5. The van der Waals surface area contributed by atoms with E-state index < -0.39 is 0 Å². The van der Waals surface area contributed by atoms with Crippen molar-refractivity contribution in [3.8, 4) is 0 Å². The molecule has 1 fully saturated rings. The van der Waals surface area contributed by atoms with Crippen LogP contribution in [0.3, 0.4) is 0 Å². The molecule has 0 saturated heterocycles. The standard InChI is InChI=1S/C11H14N4OS/c1-7(10-13-8(2)14-16-10)17-11-12-5-6-15(11)9-3-4-9/h5-7,9H,3-4H2,1-2H3/t7-/m0/s1. The molecule has 1 aliphatic rings. The van der Waals surface area contributed by atoms with Crippen LogP contribution in [0, 0.1) is 6.92 Å². The smallest absolute Gasteiger partial charge is 0.239 e. The molecule has 0 radical (unpaired) electrons. The Kier molecular flexibility index (Phi) is 2.66. The lowest BCUT2D eigenvalue weighted by Crippen LogP contribution is -1.97. The van der Waals surface area contributed by atoms with Crippen LogP contribution in [0.5, 0.6) is 0 Å². The number of aromatic nitrogens is 4. The Morgan fingerprint density at radius 3 is 3.00 bits per heavy atom. The van der Waals surface area contributed by atoms with E-state index in [1.165, 1.54) is 12.8 Å². The number of nitrogens with zero attached hydrogens (tertiary/aromatic N) is 4. The summed E-state index contributed by atoms with van der Waals surface area (Å²) in [7, 11) is 0. The summed E-state index contributed by atoms with van der Waals surface area (Å²) in [4.78, 5) is 8.63. The van der Waals surface area contributed by atoms with Crippen molar-refractivity contribution in [3.63, 3.8) is 0 Å². The fraction of sp³-hybridized carbons (Fsp3) is 0.545. The van der Waals surface area contributed by atoms with Gasteiger partial charge in [0.15, 0.2) is 11.0 Å². The summed E-state index contributed by atoms with van der Waals surface area (Å²) in [6, 6.07) is 0.650. The number of aryl methyl sites for hydroxylation is 1. The largest absolute Gasteiger partial charge is 0.338 e. The third-order valence-corrected chi connectivity index (χ3v) is 3.83. The molecule has 0 spiro atoms. The molecule has 6 heteroatoms. The Labute approximate surface area is 104 Å². The molecule has 0 aliphatic heterocycles. The van der Waals surface area contributed by atoms with E-state index >= 15 is 0 Å². The molecule has 0 amide bonds. The van der Waals surface area contributed by atoms with Crippen molar-refractivity contribution in [2.75, 3.05) is 0 Å². The molecule has 0 bridgehead atoms. The molecule has 17 heavy (non-hydrogen) atoms. The Balaban J connectivity index is 1.75. The summed E-state index contributed by atoms with van der Waals surface area (Å²) >= 11 is 1.67. The Bertz CT molecular complexity index is 517. The first-order chi connectivity index (χ1) is 8.24. The normalized spacial score (nSPS) is 17.3. The highest BCUT2D eigenvalue weighted by molar-refractivity contribution is 7.99. The molecule has 0 N–H and O–H groups in total. The third-order valence-electron chi connectivity index (χ3n) is 2.75. The molecule has 1 aliphatic carbocycles. The van der Waals surface area contributed by atoms with Gasteiger partial charge in [-0.15, -0.1) is 0 Å². The van der Waals surface area contributed by atoms with E-state index in [2.05, 4.69) is 26.6 Å². The van der Waals surface area contributed by atoms with Gasteiger partial charge in [0.1, 0.15) is 0 Å². The van der Waals surface area contributed by atoms with Crippen molar-refractivity contribution in [2.45, 2.75) is 43.1 Å². The van der Waals surface area contributed by atoms with Crippen molar-refractivity contribution in [1.29, 1.82) is 0 Å². The van der Waals surface area contributed by atoms with E-state index in [1.807, 2.05) is 19.3 Å². The molecule has 90 valence electrons. The summed E-state index contributed by atoms with van der Waals surface area (Å²) in [5.74, 6) is 1.34. The van der Waals surface area contributed by atoms with Gasteiger partial charge in [-0.25, -0.2) is 4.98 Å². The maximum Gasteiger partial charge on any atom is 0.239 e. The number of imidazole rings is 1. The molecule has 2 heterocycles. The fourth-order valence-corrected chi connectivity index (χ4v) is 2.67. The first-order valence-electron chi connectivity index (χ1n) is 5.74. The second kappa shape index (κ2) is 4.18. The molecule has 3 rings (SSSR count). The first-order valence-corrected chi connectivity index (χ1v) is 6.61. The van der Waals surface area contributed by atoms with Gasteiger partial charge in [-0.05, 0) is 26.7 Å². The van der Waals surface area contributed by atoms with E-state index in [0.717, 1.165) is 5.16 Å². The lowest BCUT2D eigenvalue weighted by Gasteiger charge is -2.08. The third kappa shape index (κ3) is 2.22. The Morgan fingerprint density at radius 2 is 2.35 bits per heavy atom. The SMILES string of the molecule is Cc1noc([C@H](C)Sc2nccn2C2CC2)n1. The quantitative estimate of drug-likeness (QED) is 0.781. The second-order valence-corrected chi connectivity index (χ2v) is 5.60. The maximum absolute atomic E-state index is 5.17. The van der Waals surface area contributed by atoms with Gasteiger partial charge >= 0.3 is 0 Å². The number of hydrogen-bond acceptors (Lipinski definition) is 5. The van der Waals surface area contributed by atoms with Gasteiger partial charge in [0.2, 0.25) is 5.89 Å². The van der Waals surface area contributed by atoms with Gasteiger partial charge < -0.3 is 9.09 Å². The van der Waals surface area contributed by atoms with E-state index in [1.54, 1.807) is 11.8 Å². The van der Waals surface area contributed by atoms with Crippen LogP contribution >= 0.6 is 11.8 Å². The summed E-state index contributed by atoms with van der Waals surface area (Å²) in [6.07, 6.45) is 6.42. The summed E-state index contributed by atoms with van der Waals surface area (Å²) in [6.45, 7) is 3.89. The van der Waals surface area contributed by atoms with Crippen LogP contribution in [0.4, 0.5) is 0 Å².